The van der Waals surface area contributed by atoms with Gasteiger partial charge in [-0.3, -0.25) is 9.69 Å². The van der Waals surface area contributed by atoms with E-state index in [1.165, 1.54) is 11.6 Å². The fraction of sp³-hybridized carbons (Fsp3) is 0.500. The van der Waals surface area contributed by atoms with Gasteiger partial charge in [-0.25, -0.2) is 13.6 Å². The Morgan fingerprint density at radius 2 is 1.95 bits per heavy atom. The van der Waals surface area contributed by atoms with E-state index in [0.29, 0.717) is 43.2 Å². The number of ether oxygens (including phenoxy) is 1. The maximum Gasteiger partial charge on any atom is 0.246 e. The highest BCUT2D eigenvalue weighted by Gasteiger charge is 2.36. The summed E-state index contributed by atoms with van der Waals surface area (Å²) < 4.78 is 23.1. The van der Waals surface area contributed by atoms with Crippen molar-refractivity contribution in [2.75, 3.05) is 68.0 Å². The zero-order valence-electron chi connectivity index (χ0n) is 22.0. The molecule has 0 aliphatic carbocycles. The number of fused-ring (bicyclic) bond motifs is 2. The summed E-state index contributed by atoms with van der Waals surface area (Å²) >= 11 is 0. The van der Waals surface area contributed by atoms with Crippen LogP contribution in [-0.2, 0) is 21.1 Å². The van der Waals surface area contributed by atoms with Crippen molar-refractivity contribution in [2.24, 2.45) is 4.36 Å². The maximum atomic E-state index is 12.7. The number of carbonyl (C=O) groups is 1. The largest absolute Gasteiger partial charge is 0.487 e. The highest BCUT2D eigenvalue weighted by atomic mass is 32.2. The third-order valence-corrected chi connectivity index (χ3v) is 10.9. The van der Waals surface area contributed by atoms with Crippen molar-refractivity contribution in [1.82, 2.24) is 14.8 Å². The summed E-state index contributed by atoms with van der Waals surface area (Å²) in [5.74, 6) is 3.37. The molecule has 3 fully saturated rings. The minimum Gasteiger partial charge on any atom is -0.487 e. The molecular formula is C28H36N6O3S. The van der Waals surface area contributed by atoms with Crippen molar-refractivity contribution in [3.05, 3.63) is 54.2 Å². The fourth-order valence-corrected chi connectivity index (χ4v) is 7.65. The first-order chi connectivity index (χ1) is 18.5. The summed E-state index contributed by atoms with van der Waals surface area (Å²) in [7, 11) is -0.407. The van der Waals surface area contributed by atoms with Crippen LogP contribution >= 0.6 is 0 Å². The average Bonchev–Trinajstić information content (AvgIpc) is 3.12. The smallest absolute Gasteiger partial charge is 0.246 e. The second kappa shape index (κ2) is 10.2. The highest BCUT2D eigenvalue weighted by Crippen LogP contribution is 2.40. The van der Waals surface area contributed by atoms with Crippen LogP contribution in [0.2, 0.25) is 0 Å². The lowest BCUT2D eigenvalue weighted by atomic mass is 9.88. The molecule has 202 valence electrons. The van der Waals surface area contributed by atoms with Gasteiger partial charge in [-0.2, -0.15) is 0 Å². The van der Waals surface area contributed by atoms with Crippen LogP contribution in [0.15, 0.2) is 47.5 Å². The van der Waals surface area contributed by atoms with Crippen molar-refractivity contribution < 1.29 is 13.7 Å². The zero-order chi connectivity index (χ0) is 26.3. The summed E-state index contributed by atoms with van der Waals surface area (Å²) in [5.41, 5.74) is 4.40. The van der Waals surface area contributed by atoms with Gasteiger partial charge in [-0.15, -0.1) is 0 Å². The van der Waals surface area contributed by atoms with Crippen molar-refractivity contribution in [3.63, 3.8) is 0 Å². The molecule has 4 aliphatic heterocycles. The number of anilines is 3. The number of nitrogens with zero attached hydrogens (tertiary/aromatic N) is 5. The van der Waals surface area contributed by atoms with Gasteiger partial charge in [0.2, 0.25) is 5.91 Å². The van der Waals surface area contributed by atoms with Crippen LogP contribution in [0.25, 0.3) is 0 Å². The van der Waals surface area contributed by atoms with Crippen molar-refractivity contribution in [3.8, 4) is 5.75 Å². The number of nitrogens with one attached hydrogen (secondary N) is 1. The van der Waals surface area contributed by atoms with Crippen molar-refractivity contribution >= 4 is 32.8 Å². The van der Waals surface area contributed by atoms with Crippen LogP contribution in [0.3, 0.4) is 0 Å². The van der Waals surface area contributed by atoms with Gasteiger partial charge in [0.25, 0.3) is 0 Å². The topological polar surface area (TPSA) is 90.4 Å². The molecule has 1 amide bonds. The molecule has 5 heterocycles. The molecule has 3 saturated heterocycles. The molecule has 6 rings (SSSR count). The summed E-state index contributed by atoms with van der Waals surface area (Å²) in [6.07, 6.45) is 5.45. The van der Waals surface area contributed by atoms with Gasteiger partial charge in [0, 0.05) is 72.4 Å². The van der Waals surface area contributed by atoms with E-state index in [1.807, 2.05) is 17.2 Å². The number of pyridine rings is 1. The Labute approximate surface area is 225 Å². The molecule has 1 N–H and O–H groups in total. The Morgan fingerprint density at radius 3 is 2.66 bits per heavy atom. The van der Waals surface area contributed by atoms with Crippen molar-refractivity contribution in [1.29, 1.82) is 0 Å². The zero-order valence-corrected chi connectivity index (χ0v) is 22.8. The van der Waals surface area contributed by atoms with Gasteiger partial charge in [-0.05, 0) is 61.7 Å². The monoisotopic (exact) mass is 536 g/mol. The van der Waals surface area contributed by atoms with Gasteiger partial charge in [0.05, 0.1) is 11.3 Å². The Balaban J connectivity index is 1.13. The van der Waals surface area contributed by atoms with E-state index < -0.39 is 9.73 Å². The first kappa shape index (κ1) is 25.2. The van der Waals surface area contributed by atoms with Gasteiger partial charge >= 0.3 is 0 Å². The molecule has 0 bridgehead atoms. The minimum atomic E-state index is -2.07. The average molecular weight is 537 g/mol. The number of carbonyl (C=O) groups excluding carboxylic acids is 1. The molecule has 9 nitrogen and oxygen atoms in total. The van der Waals surface area contributed by atoms with E-state index in [0.717, 1.165) is 67.5 Å². The van der Waals surface area contributed by atoms with Gasteiger partial charge < -0.3 is 19.9 Å². The lowest BCUT2D eigenvalue weighted by Crippen LogP contribution is -2.61. The number of aromatic nitrogens is 1. The van der Waals surface area contributed by atoms with E-state index in [4.69, 9.17) is 4.74 Å². The highest BCUT2D eigenvalue weighted by molar-refractivity contribution is 7.93. The number of hydrogen-bond donors (Lipinski definition) is 1. The molecule has 0 atom stereocenters. The molecular weight excluding hydrogens is 500 g/mol. The first-order valence-electron chi connectivity index (χ1n) is 13.5. The van der Waals surface area contributed by atoms with Crippen LogP contribution < -0.4 is 15.0 Å². The maximum absolute atomic E-state index is 12.7. The number of amides is 1. The van der Waals surface area contributed by atoms with Crippen LogP contribution in [-0.4, -0.2) is 88.8 Å². The van der Waals surface area contributed by atoms with Crippen LogP contribution in [0.1, 0.15) is 29.9 Å². The standard InChI is InChI=1S/C28H36N6O3S/c1-3-27(35)34-17-22(18-34)32-10-7-20(8-11-32)21-4-5-26-24(16-21)31-28-23(19-37-26)25(6-9-30-28)33-12-14-38(36,29-2)15-13-33/h3-6,9,16,20,22H,1,7-8,10-15,17-19H2,2H3,(H,30,31). The molecule has 4 aliphatic rings. The number of piperidine rings is 1. The summed E-state index contributed by atoms with van der Waals surface area (Å²) in [5, 5.41) is 3.56. The van der Waals surface area contributed by atoms with E-state index in [1.54, 1.807) is 7.05 Å². The summed E-state index contributed by atoms with van der Waals surface area (Å²) in [4.78, 5) is 23.1. The fourth-order valence-electron chi connectivity index (χ4n) is 6.07. The minimum absolute atomic E-state index is 0.0351. The molecule has 2 aromatic rings. The molecule has 1 aromatic carbocycles. The van der Waals surface area contributed by atoms with E-state index >= 15 is 0 Å². The summed E-state index contributed by atoms with van der Waals surface area (Å²) in [6, 6.07) is 9.02. The Morgan fingerprint density at radius 1 is 1.18 bits per heavy atom. The molecule has 10 heteroatoms. The van der Waals surface area contributed by atoms with E-state index in [-0.39, 0.29) is 5.91 Å². The normalized spacial score (nSPS) is 21.7. The molecule has 1 aromatic heterocycles. The molecule has 0 saturated carbocycles. The molecule has 0 radical (unpaired) electrons. The van der Waals surface area contributed by atoms with Gasteiger partial charge in [0.15, 0.2) is 0 Å². The lowest BCUT2D eigenvalue weighted by Gasteiger charge is -2.47. The number of rotatable bonds is 4. The Hall–Kier alpha value is -3.11. The van der Waals surface area contributed by atoms with Gasteiger partial charge in [0.1, 0.15) is 18.2 Å². The third-order valence-electron chi connectivity index (χ3n) is 8.56. The number of benzene rings is 1. The molecule has 38 heavy (non-hydrogen) atoms. The SMILES string of the molecule is C=CC(=O)N1CC(N2CCC(c3ccc4c(c3)Nc3nccc(N5CCS(=O)(=NC)CC5)c3CO4)CC2)C1. The summed E-state index contributed by atoms with van der Waals surface area (Å²) in [6.45, 7) is 9.18. The molecule has 0 unspecified atom stereocenters. The molecule has 0 spiro atoms. The second-order valence-corrected chi connectivity index (χ2v) is 13.3. The quantitative estimate of drug-likeness (QED) is 0.600. The Bertz CT molecular complexity index is 1340. The van der Waals surface area contributed by atoms with Gasteiger partial charge in [-0.1, -0.05) is 12.6 Å². The lowest BCUT2D eigenvalue weighted by molar-refractivity contribution is -0.133. The van der Waals surface area contributed by atoms with E-state index in [9.17, 15) is 9.00 Å². The number of likely N-dealkylation sites (tertiary alicyclic amines) is 2. The predicted octanol–water partition coefficient (Wildman–Crippen LogP) is 3.21. The van der Waals surface area contributed by atoms with Crippen molar-refractivity contribution in [2.45, 2.75) is 31.4 Å². The number of hydrogen-bond acceptors (Lipinski definition) is 8. The Kier molecular flexibility index (Phi) is 6.77. The second-order valence-electron chi connectivity index (χ2n) is 10.6. The van der Waals surface area contributed by atoms with Crippen LogP contribution in [0, 0.1) is 0 Å². The van der Waals surface area contributed by atoms with Crippen LogP contribution in [0.4, 0.5) is 17.2 Å². The van der Waals surface area contributed by atoms with E-state index in [2.05, 4.69) is 49.2 Å². The predicted molar refractivity (Wildman–Crippen MR) is 151 cm³/mol. The van der Waals surface area contributed by atoms with Crippen LogP contribution in [0.5, 0.6) is 5.75 Å². The third kappa shape index (κ3) is 4.75. The first-order valence-corrected chi connectivity index (χ1v) is 15.3.